The molecular formula is C22H24N2O5. The first-order valence-corrected chi connectivity index (χ1v) is 9.43. The summed E-state index contributed by atoms with van der Waals surface area (Å²) in [6.45, 7) is 1.70. The maximum atomic E-state index is 12.3. The van der Waals surface area contributed by atoms with Gasteiger partial charge in [0.05, 0.1) is 19.1 Å². The number of amides is 2. The summed E-state index contributed by atoms with van der Waals surface area (Å²) in [4.78, 5) is 38.3. The van der Waals surface area contributed by atoms with Crippen LogP contribution in [-0.4, -0.2) is 38.0 Å². The van der Waals surface area contributed by atoms with Crippen LogP contribution in [0.3, 0.4) is 0 Å². The molecule has 1 N–H and O–H groups in total. The summed E-state index contributed by atoms with van der Waals surface area (Å²) in [7, 11) is 1.55. The zero-order chi connectivity index (χ0) is 20.8. The highest BCUT2D eigenvalue weighted by Gasteiger charge is 2.36. The van der Waals surface area contributed by atoms with Gasteiger partial charge in [-0.2, -0.15) is 0 Å². The lowest BCUT2D eigenvalue weighted by atomic mass is 10.1. The van der Waals surface area contributed by atoms with Crippen molar-refractivity contribution in [3.63, 3.8) is 0 Å². The lowest BCUT2D eigenvalue weighted by Crippen LogP contribution is -2.32. The number of ether oxygens (including phenoxy) is 2. The fourth-order valence-electron chi connectivity index (χ4n) is 3.26. The molecule has 2 atom stereocenters. The van der Waals surface area contributed by atoms with Gasteiger partial charge in [-0.1, -0.05) is 36.4 Å². The average Bonchev–Trinajstić information content (AvgIpc) is 3.14. The topological polar surface area (TPSA) is 84.9 Å². The zero-order valence-electron chi connectivity index (χ0n) is 16.5. The second kappa shape index (κ2) is 9.23. The molecule has 7 nitrogen and oxygen atoms in total. The van der Waals surface area contributed by atoms with Crippen LogP contribution in [0.4, 0.5) is 5.69 Å². The van der Waals surface area contributed by atoms with Gasteiger partial charge in [0.15, 0.2) is 6.61 Å². The largest absolute Gasteiger partial charge is 0.497 e. The number of hydrogen-bond donors (Lipinski definition) is 1. The van der Waals surface area contributed by atoms with E-state index in [1.165, 1.54) is 4.90 Å². The van der Waals surface area contributed by atoms with Crippen LogP contribution in [0.15, 0.2) is 54.6 Å². The van der Waals surface area contributed by atoms with Gasteiger partial charge in [0.2, 0.25) is 5.91 Å². The van der Waals surface area contributed by atoms with E-state index in [1.807, 2.05) is 37.3 Å². The van der Waals surface area contributed by atoms with Gasteiger partial charge in [0.1, 0.15) is 5.75 Å². The van der Waals surface area contributed by atoms with E-state index in [4.69, 9.17) is 9.47 Å². The molecule has 1 saturated heterocycles. The molecule has 0 unspecified atom stereocenters. The molecule has 1 aliphatic rings. The van der Waals surface area contributed by atoms with Crippen molar-refractivity contribution in [3.05, 3.63) is 60.2 Å². The molecule has 2 amide bonds. The molecule has 0 aromatic heterocycles. The Bertz CT molecular complexity index is 884. The smallest absolute Gasteiger partial charge is 0.311 e. The van der Waals surface area contributed by atoms with Gasteiger partial charge in [0.25, 0.3) is 5.91 Å². The molecule has 0 bridgehead atoms. The lowest BCUT2D eigenvalue weighted by molar-refractivity contribution is -0.152. The fraction of sp³-hybridized carbons (Fsp3) is 0.318. The summed E-state index contributed by atoms with van der Waals surface area (Å²) in [6.07, 6.45) is 0.0537. The first kappa shape index (κ1) is 20.4. The molecule has 2 aromatic carbocycles. The quantitative estimate of drug-likeness (QED) is 0.727. The summed E-state index contributed by atoms with van der Waals surface area (Å²) in [5, 5.41) is 2.79. The normalized spacial score (nSPS) is 17.0. The van der Waals surface area contributed by atoms with Gasteiger partial charge < -0.3 is 19.7 Å². The second-order valence-corrected chi connectivity index (χ2v) is 6.91. The van der Waals surface area contributed by atoms with Gasteiger partial charge in [0, 0.05) is 24.7 Å². The minimum atomic E-state index is -0.604. The monoisotopic (exact) mass is 396 g/mol. The Labute approximate surface area is 169 Å². The van der Waals surface area contributed by atoms with Crippen molar-refractivity contribution >= 4 is 23.5 Å². The van der Waals surface area contributed by atoms with Crippen molar-refractivity contribution in [3.8, 4) is 5.75 Å². The molecule has 7 heteroatoms. The molecule has 0 saturated carbocycles. The number of esters is 1. The summed E-state index contributed by atoms with van der Waals surface area (Å²) in [5.41, 5.74) is 1.63. The molecular weight excluding hydrogens is 372 g/mol. The first-order valence-electron chi connectivity index (χ1n) is 9.43. The molecule has 0 spiro atoms. The maximum absolute atomic E-state index is 12.3. The third kappa shape index (κ3) is 5.13. The number of rotatable bonds is 7. The molecule has 1 heterocycles. The third-order valence-electron chi connectivity index (χ3n) is 4.85. The number of carbonyl (C=O) groups excluding carboxylic acids is 3. The van der Waals surface area contributed by atoms with Crippen molar-refractivity contribution in [2.24, 2.45) is 5.92 Å². The predicted octanol–water partition coefficient (Wildman–Crippen LogP) is 2.47. The summed E-state index contributed by atoms with van der Waals surface area (Å²) >= 11 is 0. The van der Waals surface area contributed by atoms with Gasteiger partial charge >= 0.3 is 5.97 Å². The molecule has 0 radical (unpaired) electrons. The number of carbonyl (C=O) groups is 3. The van der Waals surface area contributed by atoms with E-state index in [1.54, 1.807) is 31.4 Å². The average molecular weight is 396 g/mol. The molecule has 152 valence electrons. The Morgan fingerprint density at radius 2 is 1.93 bits per heavy atom. The Morgan fingerprint density at radius 3 is 2.66 bits per heavy atom. The fourth-order valence-corrected chi connectivity index (χ4v) is 3.26. The number of benzene rings is 2. The van der Waals surface area contributed by atoms with E-state index in [0.717, 1.165) is 5.56 Å². The van der Waals surface area contributed by atoms with Crippen molar-refractivity contribution in [1.82, 2.24) is 5.32 Å². The van der Waals surface area contributed by atoms with E-state index in [2.05, 4.69) is 5.32 Å². The van der Waals surface area contributed by atoms with E-state index >= 15 is 0 Å². The van der Waals surface area contributed by atoms with Crippen LogP contribution in [0.1, 0.15) is 24.9 Å². The highest BCUT2D eigenvalue weighted by atomic mass is 16.5. The number of nitrogens with zero attached hydrogens (tertiary/aromatic N) is 1. The highest BCUT2D eigenvalue weighted by Crippen LogP contribution is 2.28. The molecule has 1 aliphatic heterocycles. The Kier molecular flexibility index (Phi) is 6.49. The van der Waals surface area contributed by atoms with Gasteiger partial charge in [-0.3, -0.25) is 14.4 Å². The van der Waals surface area contributed by atoms with Crippen molar-refractivity contribution in [2.45, 2.75) is 19.4 Å². The number of hydrogen-bond acceptors (Lipinski definition) is 5. The lowest BCUT2D eigenvalue weighted by Gasteiger charge is -2.17. The van der Waals surface area contributed by atoms with Crippen molar-refractivity contribution < 1.29 is 23.9 Å². The number of nitrogens with one attached hydrogen (secondary N) is 1. The van der Waals surface area contributed by atoms with E-state index < -0.39 is 11.9 Å². The Balaban J connectivity index is 1.51. The summed E-state index contributed by atoms with van der Waals surface area (Å²) in [5.74, 6) is -1.07. The second-order valence-electron chi connectivity index (χ2n) is 6.91. The minimum Gasteiger partial charge on any atom is -0.497 e. The van der Waals surface area contributed by atoms with E-state index in [-0.39, 0.29) is 37.4 Å². The van der Waals surface area contributed by atoms with Gasteiger partial charge in [-0.05, 0) is 24.6 Å². The van der Waals surface area contributed by atoms with Gasteiger partial charge in [-0.25, -0.2) is 0 Å². The number of methoxy groups -OCH3 is 1. The third-order valence-corrected chi connectivity index (χ3v) is 4.85. The van der Waals surface area contributed by atoms with Crippen LogP contribution in [0, 0.1) is 5.92 Å². The molecule has 3 rings (SSSR count). The first-order chi connectivity index (χ1) is 14.0. The van der Waals surface area contributed by atoms with Crippen LogP contribution in [0.25, 0.3) is 0 Å². The van der Waals surface area contributed by atoms with Crippen LogP contribution in [-0.2, 0) is 19.1 Å². The Morgan fingerprint density at radius 1 is 1.17 bits per heavy atom. The standard InChI is InChI=1S/C22H24N2O5/c1-15(16-7-4-3-5-8-16)23-20(25)14-29-22(27)17-11-21(26)24(13-17)18-9-6-10-19(12-18)28-2/h3-10,12,15,17H,11,13-14H2,1-2H3,(H,23,25)/t15-,17+/m1/s1. The molecule has 2 aromatic rings. The summed E-state index contributed by atoms with van der Waals surface area (Å²) in [6, 6.07) is 16.4. The molecule has 1 fully saturated rings. The van der Waals surface area contributed by atoms with Crippen LogP contribution in [0.2, 0.25) is 0 Å². The predicted molar refractivity (Wildman–Crippen MR) is 107 cm³/mol. The molecule has 0 aliphatic carbocycles. The van der Waals surface area contributed by atoms with Crippen molar-refractivity contribution in [2.75, 3.05) is 25.2 Å². The summed E-state index contributed by atoms with van der Waals surface area (Å²) < 4.78 is 10.3. The van der Waals surface area contributed by atoms with Crippen LogP contribution < -0.4 is 15.0 Å². The number of anilines is 1. The van der Waals surface area contributed by atoms with Crippen LogP contribution in [0.5, 0.6) is 5.75 Å². The molecule has 29 heavy (non-hydrogen) atoms. The van der Waals surface area contributed by atoms with E-state index in [0.29, 0.717) is 11.4 Å². The van der Waals surface area contributed by atoms with Crippen molar-refractivity contribution in [1.29, 1.82) is 0 Å². The van der Waals surface area contributed by atoms with Gasteiger partial charge in [-0.15, -0.1) is 0 Å². The zero-order valence-corrected chi connectivity index (χ0v) is 16.5. The minimum absolute atomic E-state index is 0.0537. The van der Waals surface area contributed by atoms with Crippen LogP contribution >= 0.6 is 0 Å². The Hall–Kier alpha value is -3.35. The SMILES string of the molecule is COc1cccc(N2C[C@@H](C(=O)OCC(=O)N[C@H](C)c3ccccc3)CC2=O)c1. The highest BCUT2D eigenvalue weighted by molar-refractivity contribution is 5.99. The maximum Gasteiger partial charge on any atom is 0.311 e. The van der Waals surface area contributed by atoms with E-state index in [9.17, 15) is 14.4 Å².